The van der Waals surface area contributed by atoms with E-state index in [4.69, 9.17) is 4.42 Å². The summed E-state index contributed by atoms with van der Waals surface area (Å²) in [6, 6.07) is 4.19. The van der Waals surface area contributed by atoms with Gasteiger partial charge in [-0.2, -0.15) is 0 Å². The Morgan fingerprint density at radius 2 is 2.13 bits per heavy atom. The van der Waals surface area contributed by atoms with Gasteiger partial charge < -0.3 is 14.8 Å². The maximum atomic E-state index is 9.62. The second-order valence-electron chi connectivity index (χ2n) is 4.40. The predicted molar refractivity (Wildman–Crippen MR) is 60.7 cm³/mol. The van der Waals surface area contributed by atoms with E-state index in [0.29, 0.717) is 18.5 Å². The molecule has 0 bridgehead atoms. The third kappa shape index (κ3) is 4.49. The van der Waals surface area contributed by atoms with Crippen LogP contribution in [-0.4, -0.2) is 23.8 Å². The second kappa shape index (κ2) is 5.93. The summed E-state index contributed by atoms with van der Waals surface area (Å²) in [6.07, 6.45) is 2.27. The van der Waals surface area contributed by atoms with Gasteiger partial charge in [0.2, 0.25) is 0 Å². The van der Waals surface area contributed by atoms with Gasteiger partial charge in [-0.25, -0.2) is 0 Å². The third-order valence-corrected chi connectivity index (χ3v) is 2.53. The smallest absolute Gasteiger partial charge is 0.105 e. The van der Waals surface area contributed by atoms with E-state index in [1.54, 1.807) is 6.26 Å². The lowest BCUT2D eigenvalue weighted by Crippen LogP contribution is -2.37. The van der Waals surface area contributed by atoms with Crippen LogP contribution in [0.2, 0.25) is 0 Å². The summed E-state index contributed by atoms with van der Waals surface area (Å²) < 4.78 is 5.26. The molecule has 0 radical (unpaired) electrons. The quantitative estimate of drug-likeness (QED) is 0.754. The van der Waals surface area contributed by atoms with Crippen molar-refractivity contribution < 1.29 is 9.52 Å². The minimum atomic E-state index is -0.274. The normalized spacial score (nSPS) is 15.5. The minimum Gasteiger partial charge on any atom is -0.469 e. The number of aliphatic hydroxyl groups is 1. The predicted octanol–water partition coefficient (Wildman–Crippen LogP) is 1.82. The van der Waals surface area contributed by atoms with Gasteiger partial charge in [-0.05, 0) is 25.0 Å². The van der Waals surface area contributed by atoms with E-state index in [1.807, 2.05) is 26.0 Å². The molecule has 3 nitrogen and oxygen atoms in total. The van der Waals surface area contributed by atoms with Crippen molar-refractivity contribution in [1.82, 2.24) is 5.32 Å². The summed E-state index contributed by atoms with van der Waals surface area (Å²) >= 11 is 0. The molecule has 1 heterocycles. The fourth-order valence-corrected chi connectivity index (χ4v) is 1.36. The lowest BCUT2D eigenvalue weighted by Gasteiger charge is -2.18. The molecule has 15 heavy (non-hydrogen) atoms. The highest BCUT2D eigenvalue weighted by atomic mass is 16.3. The van der Waals surface area contributed by atoms with Gasteiger partial charge in [0.05, 0.1) is 12.4 Å². The second-order valence-corrected chi connectivity index (χ2v) is 4.40. The molecule has 0 aliphatic rings. The highest BCUT2D eigenvalue weighted by molar-refractivity contribution is 4.99. The van der Waals surface area contributed by atoms with Crippen molar-refractivity contribution in [2.24, 2.45) is 5.92 Å². The zero-order valence-corrected chi connectivity index (χ0v) is 9.73. The molecule has 0 aliphatic heterocycles. The van der Waals surface area contributed by atoms with E-state index >= 15 is 0 Å². The number of rotatable bonds is 6. The van der Waals surface area contributed by atoms with E-state index in [1.165, 1.54) is 0 Å². The molecule has 1 aromatic heterocycles. The van der Waals surface area contributed by atoms with Crippen LogP contribution < -0.4 is 5.32 Å². The molecule has 1 aromatic rings. The van der Waals surface area contributed by atoms with E-state index < -0.39 is 0 Å². The molecule has 1 rings (SSSR count). The summed E-state index contributed by atoms with van der Waals surface area (Å²) in [6.45, 7) is 6.77. The lowest BCUT2D eigenvalue weighted by molar-refractivity contribution is 0.120. The number of hydrogen-bond acceptors (Lipinski definition) is 3. The molecule has 0 saturated carbocycles. The summed E-state index contributed by atoms with van der Waals surface area (Å²) in [7, 11) is 0. The van der Waals surface area contributed by atoms with Crippen LogP contribution in [0.4, 0.5) is 0 Å². The third-order valence-electron chi connectivity index (χ3n) is 2.53. The van der Waals surface area contributed by atoms with E-state index in [0.717, 1.165) is 12.2 Å². The summed E-state index contributed by atoms with van der Waals surface area (Å²) in [5, 5.41) is 12.9. The van der Waals surface area contributed by atoms with Gasteiger partial charge in [0, 0.05) is 19.0 Å². The fourth-order valence-electron chi connectivity index (χ4n) is 1.36. The Balaban J connectivity index is 2.22. The van der Waals surface area contributed by atoms with Gasteiger partial charge in [0.15, 0.2) is 0 Å². The van der Waals surface area contributed by atoms with Gasteiger partial charge >= 0.3 is 0 Å². The Hall–Kier alpha value is -0.800. The molecule has 2 atom stereocenters. The number of hydrogen-bond donors (Lipinski definition) is 2. The topological polar surface area (TPSA) is 45.4 Å². The van der Waals surface area contributed by atoms with Crippen LogP contribution >= 0.6 is 0 Å². The Bertz CT molecular complexity index is 257. The molecular formula is C12H21NO2. The van der Waals surface area contributed by atoms with Crippen LogP contribution in [-0.2, 0) is 6.42 Å². The van der Waals surface area contributed by atoms with Crippen LogP contribution in [0.1, 0.15) is 26.5 Å². The van der Waals surface area contributed by atoms with Crippen LogP contribution in [0, 0.1) is 5.92 Å². The van der Waals surface area contributed by atoms with Crippen LogP contribution in [0.25, 0.3) is 0 Å². The lowest BCUT2D eigenvalue weighted by atomic mass is 10.1. The van der Waals surface area contributed by atoms with Gasteiger partial charge in [0.1, 0.15) is 5.76 Å². The zero-order valence-electron chi connectivity index (χ0n) is 9.73. The van der Waals surface area contributed by atoms with E-state index in [2.05, 4.69) is 12.2 Å². The maximum Gasteiger partial charge on any atom is 0.105 e. The van der Waals surface area contributed by atoms with Gasteiger partial charge in [-0.3, -0.25) is 0 Å². The van der Waals surface area contributed by atoms with Crippen molar-refractivity contribution in [3.63, 3.8) is 0 Å². The van der Waals surface area contributed by atoms with Gasteiger partial charge in [-0.15, -0.1) is 0 Å². The first-order valence-electron chi connectivity index (χ1n) is 5.53. The zero-order chi connectivity index (χ0) is 11.3. The highest BCUT2D eigenvalue weighted by Crippen LogP contribution is 2.05. The van der Waals surface area contributed by atoms with Crippen molar-refractivity contribution in [3.8, 4) is 0 Å². The Morgan fingerprint density at radius 3 is 2.67 bits per heavy atom. The molecule has 0 fully saturated rings. The first-order chi connectivity index (χ1) is 7.09. The summed E-state index contributed by atoms with van der Waals surface area (Å²) in [4.78, 5) is 0. The molecule has 3 heteroatoms. The van der Waals surface area contributed by atoms with Crippen LogP contribution in [0.15, 0.2) is 22.8 Å². The van der Waals surface area contributed by atoms with Crippen LogP contribution in [0.3, 0.4) is 0 Å². The number of aliphatic hydroxyl groups excluding tert-OH is 1. The van der Waals surface area contributed by atoms with Crippen molar-refractivity contribution >= 4 is 0 Å². The van der Waals surface area contributed by atoms with Gasteiger partial charge in [0.25, 0.3) is 0 Å². The van der Waals surface area contributed by atoms with E-state index in [9.17, 15) is 5.11 Å². The average Bonchev–Trinajstić information content (AvgIpc) is 2.66. The van der Waals surface area contributed by atoms with E-state index in [-0.39, 0.29) is 6.10 Å². The Labute approximate surface area is 91.5 Å². The fraction of sp³-hybridized carbons (Fsp3) is 0.667. The van der Waals surface area contributed by atoms with Crippen molar-refractivity contribution in [1.29, 1.82) is 0 Å². The maximum absolute atomic E-state index is 9.62. The molecule has 0 saturated heterocycles. The van der Waals surface area contributed by atoms with Crippen molar-refractivity contribution in [2.75, 3.05) is 6.54 Å². The molecular weight excluding hydrogens is 190 g/mol. The Morgan fingerprint density at radius 1 is 1.40 bits per heavy atom. The standard InChI is InChI=1S/C12H21NO2/c1-9(2)12(14)8-13-10(3)7-11-5-4-6-15-11/h4-6,9-10,12-14H,7-8H2,1-3H3. The average molecular weight is 211 g/mol. The summed E-state index contributed by atoms with van der Waals surface area (Å²) in [5.74, 6) is 1.28. The van der Waals surface area contributed by atoms with Gasteiger partial charge in [-0.1, -0.05) is 13.8 Å². The molecule has 0 aliphatic carbocycles. The van der Waals surface area contributed by atoms with Crippen molar-refractivity contribution in [2.45, 2.75) is 39.3 Å². The number of furan rings is 1. The first-order valence-corrected chi connectivity index (χ1v) is 5.53. The monoisotopic (exact) mass is 211 g/mol. The molecule has 86 valence electrons. The highest BCUT2D eigenvalue weighted by Gasteiger charge is 2.11. The molecule has 0 amide bonds. The largest absolute Gasteiger partial charge is 0.469 e. The molecule has 2 unspecified atom stereocenters. The number of nitrogens with one attached hydrogen (secondary N) is 1. The minimum absolute atomic E-state index is 0.274. The van der Waals surface area contributed by atoms with Crippen LogP contribution in [0.5, 0.6) is 0 Å². The SMILES string of the molecule is CC(Cc1ccco1)NCC(O)C(C)C. The summed E-state index contributed by atoms with van der Waals surface area (Å²) in [5.41, 5.74) is 0. The molecule has 0 aromatic carbocycles. The Kier molecular flexibility index (Phi) is 4.85. The molecule has 0 spiro atoms. The molecule has 2 N–H and O–H groups in total. The first kappa shape index (κ1) is 12.3. The van der Waals surface area contributed by atoms with Crippen molar-refractivity contribution in [3.05, 3.63) is 24.2 Å².